The molecule has 12 heteroatoms. The quantitative estimate of drug-likeness (QED) is 0.392. The molecule has 0 radical (unpaired) electrons. The van der Waals surface area contributed by atoms with Crippen molar-refractivity contribution in [3.05, 3.63) is 48.3 Å². The first kappa shape index (κ1) is 23.1. The van der Waals surface area contributed by atoms with E-state index in [0.29, 0.717) is 42.5 Å². The Labute approximate surface area is 191 Å². The first-order valence-corrected chi connectivity index (χ1v) is 10.1. The number of anilines is 1. The molecule has 2 aliphatic rings. The molecule has 176 valence electrons. The number of nitrogens with zero attached hydrogens (tertiary/aromatic N) is 3. The Balaban J connectivity index is 0.00000259. The molecular formula is C21H19ClF4N4O3. The van der Waals surface area contributed by atoms with E-state index in [1.165, 1.54) is 35.4 Å². The van der Waals surface area contributed by atoms with Gasteiger partial charge in [-0.3, -0.25) is 4.90 Å². The van der Waals surface area contributed by atoms with Gasteiger partial charge in [-0.15, -0.1) is 25.6 Å². The minimum Gasteiger partial charge on any atom is -0.441 e. The van der Waals surface area contributed by atoms with E-state index in [-0.39, 0.29) is 36.3 Å². The molecule has 1 N–H and O–H groups in total. The summed E-state index contributed by atoms with van der Waals surface area (Å²) >= 11 is 0. The molecule has 1 aromatic carbocycles. The second-order valence-corrected chi connectivity index (χ2v) is 8.07. The van der Waals surface area contributed by atoms with E-state index >= 15 is 0 Å². The first-order chi connectivity index (χ1) is 15.2. The van der Waals surface area contributed by atoms with Gasteiger partial charge in [0.1, 0.15) is 22.9 Å². The molecule has 3 aromatic rings. The van der Waals surface area contributed by atoms with Crippen molar-refractivity contribution in [2.45, 2.75) is 43.6 Å². The normalized spacial score (nSPS) is 23.0. The number of aromatic nitrogens is 3. The fraction of sp³-hybridized carbons (Fsp3) is 0.381. The van der Waals surface area contributed by atoms with Crippen LogP contribution in [-0.2, 0) is 4.74 Å². The number of alkyl halides is 3. The lowest BCUT2D eigenvalue weighted by Gasteiger charge is -2.34. The summed E-state index contributed by atoms with van der Waals surface area (Å²) in [4.78, 5) is 24.9. The topological polar surface area (TPSA) is 80.3 Å². The highest BCUT2D eigenvalue weighted by Gasteiger charge is 2.48. The Kier molecular flexibility index (Phi) is 5.85. The molecule has 1 aliphatic carbocycles. The molecule has 1 spiro atoms. The van der Waals surface area contributed by atoms with Gasteiger partial charge in [0.15, 0.2) is 0 Å². The maximum absolute atomic E-state index is 14.0. The minimum atomic E-state index is -4.76. The van der Waals surface area contributed by atoms with Gasteiger partial charge in [0.2, 0.25) is 5.95 Å². The SMILES string of the molecule is Cl.O=C1OC2(CCC(c3nc4ccc(OC(F)(F)F)cc4[nH]3)CC2)CN1c1cccnc1F. The lowest BCUT2D eigenvalue weighted by Crippen LogP contribution is -2.38. The van der Waals surface area contributed by atoms with Crippen molar-refractivity contribution in [1.82, 2.24) is 15.0 Å². The molecule has 5 rings (SSSR count). The van der Waals surface area contributed by atoms with Crippen LogP contribution in [-0.4, -0.2) is 39.6 Å². The molecule has 33 heavy (non-hydrogen) atoms. The third-order valence-corrected chi connectivity index (χ3v) is 5.99. The first-order valence-electron chi connectivity index (χ1n) is 10.1. The van der Waals surface area contributed by atoms with Gasteiger partial charge in [-0.1, -0.05) is 0 Å². The smallest absolute Gasteiger partial charge is 0.441 e. The molecule has 7 nitrogen and oxygen atoms in total. The standard InChI is InChI=1S/C21H18F4N4O3.ClH/c22-17-16(2-1-9-26-17)29-11-20(32-19(29)30)7-5-12(6-8-20)18-27-14-4-3-13(10-15(14)28-18)31-21(23,24)25;/h1-4,9-10,12H,5-8,11H2,(H,27,28);1H. The van der Waals surface area contributed by atoms with Gasteiger partial charge in [0.25, 0.3) is 0 Å². The predicted molar refractivity (Wildman–Crippen MR) is 112 cm³/mol. The number of hydrogen-bond donors (Lipinski definition) is 1. The second kappa shape index (κ2) is 8.36. The zero-order valence-corrected chi connectivity index (χ0v) is 17.9. The summed E-state index contributed by atoms with van der Waals surface area (Å²) in [6.07, 6.45) is -1.63. The average molecular weight is 487 g/mol. The lowest BCUT2D eigenvalue weighted by molar-refractivity contribution is -0.274. The van der Waals surface area contributed by atoms with Crippen molar-refractivity contribution < 1.29 is 31.8 Å². The largest absolute Gasteiger partial charge is 0.573 e. The van der Waals surface area contributed by atoms with Crippen molar-refractivity contribution >= 4 is 35.2 Å². The van der Waals surface area contributed by atoms with E-state index < -0.39 is 24.0 Å². The van der Waals surface area contributed by atoms with Crippen molar-refractivity contribution in [3.8, 4) is 5.75 Å². The molecule has 1 saturated heterocycles. The summed E-state index contributed by atoms with van der Waals surface area (Å²) in [5.74, 6) is -0.351. The van der Waals surface area contributed by atoms with Crippen LogP contribution < -0.4 is 9.64 Å². The summed E-state index contributed by atoms with van der Waals surface area (Å²) in [5.41, 5.74) is 0.369. The van der Waals surface area contributed by atoms with Crippen LogP contribution in [0.5, 0.6) is 5.75 Å². The Morgan fingerprint density at radius 1 is 1.21 bits per heavy atom. The molecular weight excluding hydrogens is 468 g/mol. The molecule has 0 unspecified atom stereocenters. The molecule has 0 bridgehead atoms. The van der Waals surface area contributed by atoms with Crippen LogP contribution in [0.3, 0.4) is 0 Å². The van der Waals surface area contributed by atoms with E-state index in [4.69, 9.17) is 4.74 Å². The number of aromatic amines is 1. The number of rotatable bonds is 3. The monoisotopic (exact) mass is 486 g/mol. The lowest BCUT2D eigenvalue weighted by atomic mass is 9.78. The number of ether oxygens (including phenoxy) is 2. The van der Waals surface area contributed by atoms with E-state index in [1.54, 1.807) is 6.07 Å². The molecule has 0 atom stereocenters. The van der Waals surface area contributed by atoms with E-state index in [9.17, 15) is 22.4 Å². The maximum atomic E-state index is 14.0. The number of hydrogen-bond acceptors (Lipinski definition) is 5. The van der Waals surface area contributed by atoms with Gasteiger partial charge >= 0.3 is 12.5 Å². The Bertz CT molecular complexity index is 1180. The molecule has 3 heterocycles. The van der Waals surface area contributed by atoms with Crippen LogP contribution in [0.2, 0.25) is 0 Å². The Morgan fingerprint density at radius 2 is 1.97 bits per heavy atom. The minimum absolute atomic E-state index is 0. The van der Waals surface area contributed by atoms with Crippen LogP contribution >= 0.6 is 12.4 Å². The highest BCUT2D eigenvalue weighted by molar-refractivity contribution is 5.90. The summed E-state index contributed by atoms with van der Waals surface area (Å²) < 4.78 is 61.0. The van der Waals surface area contributed by atoms with E-state index in [1.807, 2.05) is 0 Å². The van der Waals surface area contributed by atoms with Gasteiger partial charge in [0.05, 0.1) is 17.6 Å². The summed E-state index contributed by atoms with van der Waals surface area (Å²) in [6, 6.07) is 7.00. The molecule has 1 saturated carbocycles. The number of amides is 1. The number of carbonyl (C=O) groups is 1. The van der Waals surface area contributed by atoms with Crippen LogP contribution in [0.4, 0.5) is 28.0 Å². The number of carbonyl (C=O) groups excluding carboxylic acids is 1. The van der Waals surface area contributed by atoms with E-state index in [2.05, 4.69) is 19.7 Å². The second-order valence-electron chi connectivity index (χ2n) is 8.07. The van der Waals surface area contributed by atoms with Crippen LogP contribution in [0.1, 0.15) is 37.4 Å². The van der Waals surface area contributed by atoms with Crippen LogP contribution in [0.25, 0.3) is 11.0 Å². The van der Waals surface area contributed by atoms with Gasteiger partial charge in [-0.2, -0.15) is 4.39 Å². The number of halogens is 5. The number of pyridine rings is 1. The molecule has 2 aromatic heterocycles. The van der Waals surface area contributed by atoms with E-state index in [0.717, 1.165) is 0 Å². The molecule has 1 aliphatic heterocycles. The third-order valence-electron chi connectivity index (χ3n) is 5.99. The summed E-state index contributed by atoms with van der Waals surface area (Å²) in [6.45, 7) is 0.236. The average Bonchev–Trinajstić information content (AvgIpc) is 3.28. The maximum Gasteiger partial charge on any atom is 0.573 e. The van der Waals surface area contributed by atoms with Crippen LogP contribution in [0, 0.1) is 5.95 Å². The number of imidazole rings is 1. The van der Waals surface area contributed by atoms with Gasteiger partial charge in [-0.05, 0) is 49.9 Å². The Hall–Kier alpha value is -3.08. The van der Waals surface area contributed by atoms with Crippen molar-refractivity contribution in [2.75, 3.05) is 11.4 Å². The fourth-order valence-corrected chi connectivity index (χ4v) is 4.46. The van der Waals surface area contributed by atoms with Gasteiger partial charge < -0.3 is 14.5 Å². The fourth-order valence-electron chi connectivity index (χ4n) is 4.46. The third kappa shape index (κ3) is 4.54. The number of benzene rings is 1. The van der Waals surface area contributed by atoms with Gasteiger partial charge in [-0.25, -0.2) is 14.8 Å². The number of fused-ring (bicyclic) bond motifs is 1. The van der Waals surface area contributed by atoms with Crippen molar-refractivity contribution in [1.29, 1.82) is 0 Å². The summed E-state index contributed by atoms with van der Waals surface area (Å²) in [5, 5.41) is 0. The Morgan fingerprint density at radius 3 is 2.67 bits per heavy atom. The number of H-pyrrole nitrogens is 1. The van der Waals surface area contributed by atoms with Crippen molar-refractivity contribution in [2.24, 2.45) is 0 Å². The predicted octanol–water partition coefficient (Wildman–Crippen LogP) is 5.47. The number of nitrogens with one attached hydrogen (secondary N) is 1. The van der Waals surface area contributed by atoms with Gasteiger partial charge in [0, 0.05) is 18.2 Å². The molecule has 1 amide bonds. The zero-order chi connectivity index (χ0) is 22.5. The molecule has 2 fully saturated rings. The van der Waals surface area contributed by atoms with Crippen molar-refractivity contribution in [3.63, 3.8) is 0 Å². The highest BCUT2D eigenvalue weighted by atomic mass is 35.5. The van der Waals surface area contributed by atoms with Crippen LogP contribution in [0.15, 0.2) is 36.5 Å². The summed E-state index contributed by atoms with van der Waals surface area (Å²) in [7, 11) is 0. The highest BCUT2D eigenvalue weighted by Crippen LogP contribution is 2.44. The zero-order valence-electron chi connectivity index (χ0n) is 17.1.